The molecule has 0 radical (unpaired) electrons. The molecule has 110 valence electrons. The van der Waals surface area contributed by atoms with Crippen molar-refractivity contribution in [2.75, 3.05) is 0 Å². The van der Waals surface area contributed by atoms with Gasteiger partial charge in [0.1, 0.15) is 11.5 Å². The van der Waals surface area contributed by atoms with Gasteiger partial charge in [0.05, 0.1) is 11.4 Å². The molecule has 2 unspecified atom stereocenters. The third-order valence-corrected chi connectivity index (χ3v) is 4.64. The lowest BCUT2D eigenvalue weighted by Crippen LogP contribution is -2.31. The Morgan fingerprint density at radius 1 is 1.38 bits per heavy atom. The molecule has 1 aromatic carbocycles. The van der Waals surface area contributed by atoms with Crippen LogP contribution in [-0.2, 0) is 11.8 Å². The molecule has 2 atom stereocenters. The number of ketones is 2. The molecule has 1 heterocycles. The number of hydrogen-bond donors (Lipinski definition) is 0. The van der Waals surface area contributed by atoms with E-state index in [2.05, 4.69) is 12.0 Å². The first-order chi connectivity index (χ1) is 10.1. The number of hydrogen-bond acceptors (Lipinski definition) is 3. The fourth-order valence-corrected chi connectivity index (χ4v) is 3.29. The molecule has 1 saturated carbocycles. The van der Waals surface area contributed by atoms with Gasteiger partial charge >= 0.3 is 0 Å². The minimum Gasteiger partial charge on any atom is -0.299 e. The first-order valence-corrected chi connectivity index (χ1v) is 7.60. The number of nitrogens with zero attached hydrogens (tertiary/aromatic N) is 2. The maximum Gasteiger partial charge on any atom is 0.194 e. The summed E-state index contributed by atoms with van der Waals surface area (Å²) in [6.07, 6.45) is 3.15. The van der Waals surface area contributed by atoms with Gasteiger partial charge < -0.3 is 0 Å². The van der Waals surface area contributed by atoms with E-state index in [1.165, 1.54) is 0 Å². The van der Waals surface area contributed by atoms with E-state index in [4.69, 9.17) is 0 Å². The molecule has 0 amide bonds. The molecule has 2 aromatic rings. The highest BCUT2D eigenvalue weighted by Gasteiger charge is 2.35. The van der Waals surface area contributed by atoms with Crippen molar-refractivity contribution in [3.05, 3.63) is 30.0 Å². The van der Waals surface area contributed by atoms with Crippen molar-refractivity contribution in [3.8, 4) is 0 Å². The Bertz CT molecular complexity index is 702. The van der Waals surface area contributed by atoms with Gasteiger partial charge in [-0.15, -0.1) is 0 Å². The molecular formula is C17H20N2O2. The van der Waals surface area contributed by atoms with Crippen LogP contribution in [0.15, 0.2) is 24.3 Å². The van der Waals surface area contributed by atoms with E-state index in [0.29, 0.717) is 24.5 Å². The summed E-state index contributed by atoms with van der Waals surface area (Å²) in [6.45, 7) is 2.12. The number of carbonyl (C=O) groups excluding carboxylic acids is 2. The van der Waals surface area contributed by atoms with Crippen molar-refractivity contribution in [2.45, 2.75) is 32.6 Å². The summed E-state index contributed by atoms with van der Waals surface area (Å²) in [5, 5.41) is 5.21. The van der Waals surface area contributed by atoms with Crippen LogP contribution in [0.1, 0.15) is 43.1 Å². The highest BCUT2D eigenvalue weighted by molar-refractivity contribution is 6.15. The van der Waals surface area contributed by atoms with Gasteiger partial charge in [0.15, 0.2) is 5.78 Å². The third-order valence-electron chi connectivity index (χ3n) is 4.64. The molecule has 0 saturated heterocycles. The fourth-order valence-electron chi connectivity index (χ4n) is 3.29. The van der Waals surface area contributed by atoms with Crippen LogP contribution in [0.25, 0.3) is 10.9 Å². The number of carbonyl (C=O) groups is 2. The molecule has 4 heteroatoms. The van der Waals surface area contributed by atoms with Crippen molar-refractivity contribution in [1.29, 1.82) is 0 Å². The van der Waals surface area contributed by atoms with E-state index in [-0.39, 0.29) is 11.6 Å². The van der Waals surface area contributed by atoms with Gasteiger partial charge in [0.25, 0.3) is 0 Å². The highest BCUT2D eigenvalue weighted by atomic mass is 16.2. The van der Waals surface area contributed by atoms with Crippen LogP contribution < -0.4 is 0 Å². The van der Waals surface area contributed by atoms with E-state index in [9.17, 15) is 9.59 Å². The zero-order valence-electron chi connectivity index (χ0n) is 12.5. The lowest BCUT2D eigenvalue weighted by atomic mass is 9.76. The Hall–Kier alpha value is -1.97. The molecule has 1 aliphatic rings. The molecular weight excluding hydrogens is 264 g/mol. The Labute approximate surface area is 124 Å². The zero-order valence-corrected chi connectivity index (χ0v) is 12.5. The van der Waals surface area contributed by atoms with E-state index in [1.54, 1.807) is 4.68 Å². The summed E-state index contributed by atoms with van der Waals surface area (Å²) in [7, 11) is 1.83. The van der Waals surface area contributed by atoms with Crippen LogP contribution in [0.2, 0.25) is 0 Å². The van der Waals surface area contributed by atoms with E-state index >= 15 is 0 Å². The molecule has 21 heavy (non-hydrogen) atoms. The Morgan fingerprint density at radius 2 is 2.14 bits per heavy atom. The van der Waals surface area contributed by atoms with E-state index in [0.717, 1.165) is 23.7 Å². The summed E-state index contributed by atoms with van der Waals surface area (Å²) in [5.41, 5.74) is 1.37. The number of para-hydroxylation sites is 1. The number of fused-ring (bicyclic) bond motifs is 1. The van der Waals surface area contributed by atoms with Crippen LogP contribution in [-0.4, -0.2) is 21.3 Å². The van der Waals surface area contributed by atoms with Crippen molar-refractivity contribution < 1.29 is 9.59 Å². The van der Waals surface area contributed by atoms with Crippen molar-refractivity contribution in [3.63, 3.8) is 0 Å². The van der Waals surface area contributed by atoms with Crippen LogP contribution >= 0.6 is 0 Å². The first-order valence-electron chi connectivity index (χ1n) is 7.60. The quantitative estimate of drug-likeness (QED) is 0.642. The third kappa shape index (κ3) is 2.39. The predicted molar refractivity (Wildman–Crippen MR) is 81.2 cm³/mol. The van der Waals surface area contributed by atoms with E-state index < -0.39 is 5.92 Å². The second-order valence-electron chi connectivity index (χ2n) is 5.92. The summed E-state index contributed by atoms with van der Waals surface area (Å²) in [5.74, 6) is -0.0389. The average Bonchev–Trinajstić information content (AvgIpc) is 2.85. The highest BCUT2D eigenvalue weighted by Crippen LogP contribution is 2.32. The summed E-state index contributed by atoms with van der Waals surface area (Å²) < 4.78 is 1.72. The molecule has 4 nitrogen and oxygen atoms in total. The Kier molecular flexibility index (Phi) is 3.62. The number of aryl methyl sites for hydroxylation is 1. The molecule has 3 rings (SSSR count). The lowest BCUT2D eigenvalue weighted by Gasteiger charge is -2.25. The van der Waals surface area contributed by atoms with Crippen LogP contribution in [0.4, 0.5) is 0 Å². The monoisotopic (exact) mass is 284 g/mol. The fraction of sp³-hybridized carbons (Fsp3) is 0.471. The van der Waals surface area contributed by atoms with Gasteiger partial charge in [-0.2, -0.15) is 5.10 Å². The van der Waals surface area contributed by atoms with Gasteiger partial charge in [-0.25, -0.2) is 0 Å². The first kappa shape index (κ1) is 14.0. The summed E-state index contributed by atoms with van der Waals surface area (Å²) in [6, 6.07) is 7.67. The topological polar surface area (TPSA) is 52.0 Å². The van der Waals surface area contributed by atoms with Gasteiger partial charge in [-0.3, -0.25) is 14.3 Å². The van der Waals surface area contributed by atoms with E-state index in [1.807, 2.05) is 31.3 Å². The maximum atomic E-state index is 12.8. The number of Topliss-reactive ketones (excluding diaryl/α,β-unsaturated/α-hetero) is 2. The van der Waals surface area contributed by atoms with Crippen molar-refractivity contribution in [2.24, 2.45) is 18.9 Å². The van der Waals surface area contributed by atoms with Crippen LogP contribution in [0, 0.1) is 11.8 Å². The van der Waals surface area contributed by atoms with Crippen LogP contribution in [0.3, 0.4) is 0 Å². The maximum absolute atomic E-state index is 12.8. The second-order valence-corrected chi connectivity index (χ2v) is 5.92. The predicted octanol–water partition coefficient (Wildman–Crippen LogP) is 3.15. The molecule has 1 aromatic heterocycles. The van der Waals surface area contributed by atoms with Gasteiger partial charge in [-0.05, 0) is 24.8 Å². The van der Waals surface area contributed by atoms with Gasteiger partial charge in [0, 0.05) is 18.9 Å². The molecule has 0 spiro atoms. The number of aromatic nitrogens is 2. The summed E-state index contributed by atoms with van der Waals surface area (Å²) in [4.78, 5) is 25.0. The Morgan fingerprint density at radius 3 is 2.90 bits per heavy atom. The lowest BCUT2D eigenvalue weighted by molar-refractivity contribution is -0.123. The van der Waals surface area contributed by atoms with Crippen molar-refractivity contribution in [1.82, 2.24) is 9.78 Å². The SMILES string of the molecule is CCC1CCC(=O)C(C(=O)c2nn(C)c3ccccc23)C1. The van der Waals surface area contributed by atoms with Gasteiger partial charge in [-0.1, -0.05) is 31.5 Å². The summed E-state index contributed by atoms with van der Waals surface area (Å²) >= 11 is 0. The van der Waals surface area contributed by atoms with Gasteiger partial charge in [0.2, 0.25) is 0 Å². The number of benzene rings is 1. The molecule has 0 N–H and O–H groups in total. The Balaban J connectivity index is 1.98. The number of rotatable bonds is 3. The molecule has 1 aliphatic carbocycles. The molecule has 1 fully saturated rings. The second kappa shape index (κ2) is 5.43. The smallest absolute Gasteiger partial charge is 0.194 e. The largest absolute Gasteiger partial charge is 0.299 e. The normalized spacial score (nSPS) is 22.7. The van der Waals surface area contributed by atoms with Crippen molar-refractivity contribution >= 4 is 22.5 Å². The van der Waals surface area contributed by atoms with Crippen LogP contribution in [0.5, 0.6) is 0 Å². The minimum atomic E-state index is -0.498. The standard InChI is InChI=1S/C17H20N2O2/c1-3-11-8-9-15(20)13(10-11)17(21)16-12-6-4-5-7-14(12)19(2)18-16/h4-7,11,13H,3,8-10H2,1-2H3. The minimum absolute atomic E-state index is 0.0828. The zero-order chi connectivity index (χ0) is 15.0. The molecule has 0 aliphatic heterocycles. The molecule has 0 bridgehead atoms. The average molecular weight is 284 g/mol.